The van der Waals surface area contributed by atoms with Crippen LogP contribution < -0.4 is 16.6 Å². The largest absolute Gasteiger partial charge is 0.389 e. The van der Waals surface area contributed by atoms with Crippen molar-refractivity contribution in [1.82, 2.24) is 5.32 Å². The summed E-state index contributed by atoms with van der Waals surface area (Å²) >= 11 is 7.58. The second kappa shape index (κ2) is 8.89. The maximum Gasteiger partial charge on any atom is 0.253 e. The predicted octanol–water partition coefficient (Wildman–Crippen LogP) is 2.26. The molecule has 2 aromatic rings. The highest BCUT2D eigenvalue weighted by atomic mass is 35.5. The van der Waals surface area contributed by atoms with Crippen molar-refractivity contribution < 1.29 is 14.6 Å². The first-order valence-corrected chi connectivity index (χ1v) is 10.8. The number of nitrogens with zero attached hydrogens (tertiary/aromatic N) is 1. The highest BCUT2D eigenvalue weighted by molar-refractivity contribution is 8.17. The molecule has 5 N–H and O–H groups in total. The molecule has 154 valence electrons. The van der Waals surface area contributed by atoms with E-state index in [4.69, 9.17) is 22.2 Å². The van der Waals surface area contributed by atoms with Gasteiger partial charge in [-0.15, -0.1) is 0 Å². The van der Waals surface area contributed by atoms with Gasteiger partial charge in [-0.3, -0.25) is 15.6 Å². The van der Waals surface area contributed by atoms with Crippen LogP contribution in [0.25, 0.3) is 10.8 Å². The highest BCUT2D eigenvalue weighted by Crippen LogP contribution is 2.34. The van der Waals surface area contributed by atoms with Gasteiger partial charge in [0, 0.05) is 17.2 Å². The van der Waals surface area contributed by atoms with Gasteiger partial charge in [-0.05, 0) is 29.9 Å². The SMILES string of the molecule is NNc1c(C(=O)NC2CCOCC2O)cc(CC2CN=C(Cl)S2)c2ccccc12. The molecule has 2 aliphatic heterocycles. The number of rotatable bonds is 5. The van der Waals surface area contributed by atoms with Crippen LogP contribution in [0.15, 0.2) is 35.3 Å². The van der Waals surface area contributed by atoms with Crippen molar-refractivity contribution in [2.75, 3.05) is 25.2 Å². The molecule has 1 amide bonds. The standard InChI is InChI=1S/C20H23ClN4O3S/c21-20-23-9-12(29-20)7-11-8-15(18(25-22)14-4-2-1-3-13(11)14)19(27)24-16-5-6-28-10-17(16)26/h1-4,8,12,16-17,25-26H,5-7,9-10,22H2,(H,24,27). The number of nitrogen functional groups attached to an aromatic ring is 1. The number of halogens is 1. The van der Waals surface area contributed by atoms with Gasteiger partial charge >= 0.3 is 0 Å². The first-order valence-electron chi connectivity index (χ1n) is 9.51. The number of carbonyl (C=O) groups excluding carboxylic acids is 1. The van der Waals surface area contributed by atoms with Crippen LogP contribution in [0, 0.1) is 0 Å². The van der Waals surface area contributed by atoms with Gasteiger partial charge in [0.1, 0.15) is 0 Å². The average molecular weight is 435 g/mol. The summed E-state index contributed by atoms with van der Waals surface area (Å²) in [5.74, 6) is 5.53. The van der Waals surface area contributed by atoms with E-state index in [1.54, 1.807) is 11.8 Å². The van der Waals surface area contributed by atoms with Crippen LogP contribution in [0.4, 0.5) is 5.69 Å². The minimum absolute atomic E-state index is 0.218. The summed E-state index contributed by atoms with van der Waals surface area (Å²) in [6, 6.07) is 9.38. The van der Waals surface area contributed by atoms with Crippen molar-refractivity contribution in [3.8, 4) is 0 Å². The topological polar surface area (TPSA) is 109 Å². The minimum atomic E-state index is -0.726. The lowest BCUT2D eigenvalue weighted by Gasteiger charge is -2.29. The Hall–Kier alpha value is -1.84. The number of thioether (sulfide) groups is 1. The lowest BCUT2D eigenvalue weighted by atomic mass is 9.94. The number of aliphatic hydroxyl groups excluding tert-OH is 1. The molecule has 0 radical (unpaired) electrons. The molecule has 9 heteroatoms. The van der Waals surface area contributed by atoms with Crippen molar-refractivity contribution in [3.05, 3.63) is 41.5 Å². The van der Waals surface area contributed by atoms with E-state index < -0.39 is 6.10 Å². The lowest BCUT2D eigenvalue weighted by molar-refractivity contribution is -0.0260. The van der Waals surface area contributed by atoms with E-state index in [1.807, 2.05) is 30.3 Å². The van der Waals surface area contributed by atoms with Crippen molar-refractivity contribution in [2.45, 2.75) is 30.2 Å². The number of benzene rings is 2. The molecular weight excluding hydrogens is 412 g/mol. The zero-order valence-electron chi connectivity index (χ0n) is 15.7. The van der Waals surface area contributed by atoms with Crippen LogP contribution in [0.3, 0.4) is 0 Å². The number of nitrogens with two attached hydrogens (primary N) is 1. The van der Waals surface area contributed by atoms with E-state index in [-0.39, 0.29) is 23.8 Å². The molecule has 0 bridgehead atoms. The maximum atomic E-state index is 13.1. The zero-order valence-corrected chi connectivity index (χ0v) is 17.3. The third-order valence-corrected chi connectivity index (χ3v) is 6.65. The quantitative estimate of drug-likeness (QED) is 0.424. The van der Waals surface area contributed by atoms with Crippen molar-refractivity contribution in [1.29, 1.82) is 0 Å². The van der Waals surface area contributed by atoms with Gasteiger partial charge in [0.05, 0.1) is 36.5 Å². The average Bonchev–Trinajstić information content (AvgIpc) is 3.14. The number of nitrogens with one attached hydrogen (secondary N) is 2. The number of fused-ring (bicyclic) bond motifs is 1. The van der Waals surface area contributed by atoms with E-state index in [0.717, 1.165) is 22.8 Å². The second-order valence-electron chi connectivity index (χ2n) is 7.20. The second-order valence-corrected chi connectivity index (χ2v) is 9.07. The molecule has 0 aliphatic carbocycles. The third-order valence-electron chi connectivity index (χ3n) is 5.29. The summed E-state index contributed by atoms with van der Waals surface area (Å²) in [4.78, 5) is 17.4. The van der Waals surface area contributed by atoms with Gasteiger partial charge < -0.3 is 20.6 Å². The Bertz CT molecular complexity index is 955. The molecule has 3 unspecified atom stereocenters. The monoisotopic (exact) mass is 434 g/mol. The molecule has 0 saturated carbocycles. The van der Waals surface area contributed by atoms with Crippen molar-refractivity contribution in [2.24, 2.45) is 10.8 Å². The molecule has 2 heterocycles. The van der Waals surface area contributed by atoms with E-state index >= 15 is 0 Å². The number of ether oxygens (including phenoxy) is 1. The van der Waals surface area contributed by atoms with Crippen LogP contribution in [0.1, 0.15) is 22.3 Å². The van der Waals surface area contributed by atoms with Gasteiger partial charge in [0.15, 0.2) is 4.50 Å². The molecule has 3 atom stereocenters. The summed E-state index contributed by atoms with van der Waals surface area (Å²) in [5, 5.41) is 15.2. The molecule has 0 spiro atoms. The van der Waals surface area contributed by atoms with Crippen LogP contribution in [0.5, 0.6) is 0 Å². The summed E-state index contributed by atoms with van der Waals surface area (Å²) in [5.41, 5.74) is 4.76. The maximum absolute atomic E-state index is 13.1. The fraction of sp³-hybridized carbons (Fsp3) is 0.400. The minimum Gasteiger partial charge on any atom is -0.389 e. The van der Waals surface area contributed by atoms with Crippen LogP contribution in [0.2, 0.25) is 0 Å². The number of hydrazine groups is 1. The third kappa shape index (κ3) is 4.36. The van der Waals surface area contributed by atoms with Crippen LogP contribution in [-0.2, 0) is 11.2 Å². The highest BCUT2D eigenvalue weighted by Gasteiger charge is 2.28. The number of amides is 1. The molecule has 2 aliphatic rings. The number of aliphatic imine (C=N–C) groups is 1. The number of anilines is 1. The van der Waals surface area contributed by atoms with E-state index in [2.05, 4.69) is 15.7 Å². The van der Waals surface area contributed by atoms with Crippen molar-refractivity contribution >= 4 is 50.2 Å². The van der Waals surface area contributed by atoms with Crippen LogP contribution in [-0.4, -0.2) is 52.7 Å². The van der Waals surface area contributed by atoms with Gasteiger partial charge in [-0.25, -0.2) is 0 Å². The number of carbonyl (C=O) groups is 1. The molecule has 1 fully saturated rings. The van der Waals surface area contributed by atoms with E-state index in [9.17, 15) is 9.90 Å². The van der Waals surface area contributed by atoms with Crippen molar-refractivity contribution in [3.63, 3.8) is 0 Å². The number of hydrogen-bond donors (Lipinski definition) is 4. The summed E-state index contributed by atoms with van der Waals surface area (Å²) in [7, 11) is 0. The Morgan fingerprint density at radius 3 is 2.86 bits per heavy atom. The van der Waals surface area contributed by atoms with Gasteiger partial charge in [-0.2, -0.15) is 0 Å². The van der Waals surface area contributed by atoms with Gasteiger partial charge in [-0.1, -0.05) is 47.6 Å². The fourth-order valence-corrected chi connectivity index (χ4v) is 5.11. The van der Waals surface area contributed by atoms with Gasteiger partial charge in [0.25, 0.3) is 5.91 Å². The Kier molecular flexibility index (Phi) is 6.26. The zero-order chi connectivity index (χ0) is 20.4. The molecule has 2 aromatic carbocycles. The lowest BCUT2D eigenvalue weighted by Crippen LogP contribution is -2.48. The molecular formula is C20H23ClN4O3S. The first kappa shape index (κ1) is 20.4. The molecule has 1 saturated heterocycles. The Balaban J connectivity index is 1.69. The van der Waals surface area contributed by atoms with Crippen LogP contribution >= 0.6 is 23.4 Å². The Labute approximate surface area is 178 Å². The predicted molar refractivity (Wildman–Crippen MR) is 118 cm³/mol. The number of aliphatic hydroxyl groups is 1. The van der Waals surface area contributed by atoms with E-state index in [0.29, 0.717) is 35.3 Å². The normalized spacial score (nSPS) is 24.4. The Morgan fingerprint density at radius 2 is 2.17 bits per heavy atom. The molecule has 29 heavy (non-hydrogen) atoms. The fourth-order valence-electron chi connectivity index (χ4n) is 3.83. The first-order chi connectivity index (χ1) is 14.1. The molecule has 4 rings (SSSR count). The number of hydrogen-bond acceptors (Lipinski definition) is 7. The Morgan fingerprint density at radius 1 is 1.38 bits per heavy atom. The molecule has 0 aromatic heterocycles. The summed E-state index contributed by atoms with van der Waals surface area (Å²) in [6.45, 7) is 1.38. The van der Waals surface area contributed by atoms with Gasteiger partial charge in [0.2, 0.25) is 0 Å². The summed E-state index contributed by atoms with van der Waals surface area (Å²) in [6.07, 6.45) is 0.569. The summed E-state index contributed by atoms with van der Waals surface area (Å²) < 4.78 is 5.82. The van der Waals surface area contributed by atoms with E-state index in [1.165, 1.54) is 0 Å². The smallest absolute Gasteiger partial charge is 0.253 e. The molecule has 7 nitrogen and oxygen atoms in total.